The molecular weight excluding hydrogens is 621 g/mol. The highest BCUT2D eigenvalue weighted by Crippen LogP contribution is 2.48. The van der Waals surface area contributed by atoms with E-state index >= 15 is 0 Å². The van der Waals surface area contributed by atoms with Crippen molar-refractivity contribution in [3.8, 4) is 5.75 Å². The van der Waals surface area contributed by atoms with E-state index in [4.69, 9.17) is 4.74 Å². The summed E-state index contributed by atoms with van der Waals surface area (Å²) in [4.78, 5) is 14.4. The van der Waals surface area contributed by atoms with Gasteiger partial charge in [-0.15, -0.1) is 0 Å². The minimum absolute atomic E-state index is 0.0696. The van der Waals surface area contributed by atoms with Crippen LogP contribution in [0.4, 0.5) is 5.69 Å². The van der Waals surface area contributed by atoms with Gasteiger partial charge in [0.2, 0.25) is 5.04 Å². The standard InChI is InChI=1S/C28H34N2O8S4/c1-4-21(16-27-29(11-5-13-41(32,33)34)23-15-19(2)7-9-25(23)39-27)17-28-30(12-6-14-42(35,36)37)24-18-22(38-20(3)31)8-10-26(24)40-28/h7-10,15-18,23,25H,4-6,11-14H2,1-3H3,(H-,32,33,34,35,36,37)/p+1. The first-order chi connectivity index (χ1) is 19.7. The van der Waals surface area contributed by atoms with Crippen LogP contribution >= 0.6 is 23.5 Å². The number of esters is 1. The molecule has 0 saturated carbocycles. The van der Waals surface area contributed by atoms with Gasteiger partial charge in [-0.2, -0.15) is 16.8 Å². The maximum Gasteiger partial charge on any atom is 0.308 e. The first kappa shape index (κ1) is 32.6. The van der Waals surface area contributed by atoms with Gasteiger partial charge in [-0.25, -0.2) is 4.58 Å². The average molecular weight is 656 g/mol. The Balaban J connectivity index is 1.68. The highest BCUT2D eigenvalue weighted by molar-refractivity contribution is 8.15. The number of carbonyl (C=O) groups is 1. The van der Waals surface area contributed by atoms with Gasteiger partial charge in [-0.05, 0) is 67.0 Å². The Labute approximate surface area is 255 Å². The first-order valence-electron chi connectivity index (χ1n) is 13.5. The quantitative estimate of drug-likeness (QED) is 0.140. The van der Waals surface area contributed by atoms with Crippen LogP contribution in [0.3, 0.4) is 0 Å². The third-order valence-electron chi connectivity index (χ3n) is 6.79. The van der Waals surface area contributed by atoms with Crippen LogP contribution in [-0.4, -0.2) is 77.4 Å². The molecule has 2 heterocycles. The van der Waals surface area contributed by atoms with Crippen LogP contribution < -0.4 is 9.64 Å². The normalized spacial score (nSPS) is 21.5. The van der Waals surface area contributed by atoms with Crippen molar-refractivity contribution in [1.82, 2.24) is 0 Å². The smallest absolute Gasteiger partial charge is 0.308 e. The topological polar surface area (TPSA) is 141 Å². The third kappa shape index (κ3) is 8.83. The van der Waals surface area contributed by atoms with Gasteiger partial charge in [0.1, 0.15) is 12.3 Å². The molecule has 0 aromatic heterocycles. The third-order valence-corrected chi connectivity index (χ3v) is 10.8. The molecule has 3 aliphatic rings. The van der Waals surface area contributed by atoms with E-state index < -0.39 is 26.2 Å². The summed E-state index contributed by atoms with van der Waals surface area (Å²) in [5, 5.41) is 2.04. The van der Waals surface area contributed by atoms with E-state index in [2.05, 4.69) is 28.9 Å². The van der Waals surface area contributed by atoms with E-state index in [1.54, 1.807) is 23.9 Å². The molecule has 1 aromatic carbocycles. The number of nitrogens with zero attached hydrogens (tertiary/aromatic N) is 2. The highest BCUT2D eigenvalue weighted by Gasteiger charge is 2.40. The van der Waals surface area contributed by atoms with Crippen molar-refractivity contribution in [3.63, 3.8) is 0 Å². The molecule has 4 rings (SSSR count). The lowest BCUT2D eigenvalue weighted by molar-refractivity contribution is -0.546. The molecule has 0 radical (unpaired) electrons. The summed E-state index contributed by atoms with van der Waals surface area (Å²) in [5.41, 5.74) is 2.92. The summed E-state index contributed by atoms with van der Waals surface area (Å²) in [6, 6.07) is 5.38. The van der Waals surface area contributed by atoms with Crippen molar-refractivity contribution in [2.24, 2.45) is 0 Å². The van der Waals surface area contributed by atoms with Crippen molar-refractivity contribution in [3.05, 3.63) is 64.8 Å². The maximum atomic E-state index is 11.5. The van der Waals surface area contributed by atoms with E-state index in [0.29, 0.717) is 25.3 Å². The van der Waals surface area contributed by atoms with Crippen LogP contribution in [0.2, 0.25) is 0 Å². The fourth-order valence-electron chi connectivity index (χ4n) is 4.92. The Bertz CT molecular complexity index is 1610. The molecule has 10 nitrogen and oxygen atoms in total. The van der Waals surface area contributed by atoms with Crippen LogP contribution in [0.15, 0.2) is 69.6 Å². The molecule has 1 aliphatic carbocycles. The number of anilines is 1. The van der Waals surface area contributed by atoms with Crippen molar-refractivity contribution in [2.45, 2.75) is 56.2 Å². The van der Waals surface area contributed by atoms with E-state index in [1.807, 2.05) is 30.9 Å². The molecule has 0 bridgehead atoms. The van der Waals surface area contributed by atoms with E-state index in [-0.39, 0.29) is 35.6 Å². The Morgan fingerprint density at radius 3 is 2.52 bits per heavy atom. The van der Waals surface area contributed by atoms with Crippen LogP contribution in [0.25, 0.3) is 0 Å². The molecule has 42 heavy (non-hydrogen) atoms. The van der Waals surface area contributed by atoms with E-state index in [1.165, 1.54) is 18.7 Å². The predicted molar refractivity (Wildman–Crippen MR) is 168 cm³/mol. The molecule has 2 N–H and O–H groups in total. The van der Waals surface area contributed by atoms with Crippen LogP contribution in [0, 0.1) is 0 Å². The van der Waals surface area contributed by atoms with Gasteiger partial charge in [0.15, 0.2) is 6.04 Å². The molecule has 14 heteroatoms. The fraction of sp³-hybridized carbons (Fsp3) is 0.429. The van der Waals surface area contributed by atoms with Crippen molar-refractivity contribution < 1.29 is 40.0 Å². The molecular formula is C28H35N2O8S4+. The summed E-state index contributed by atoms with van der Waals surface area (Å²) in [7, 11) is -8.19. The lowest BCUT2D eigenvalue weighted by atomic mass is 10.0. The second-order valence-corrected chi connectivity index (χ2v) is 15.6. The Hall–Kier alpha value is -2.36. The number of rotatable bonds is 12. The number of fused-ring (bicyclic) bond motifs is 2. The summed E-state index contributed by atoms with van der Waals surface area (Å²) in [6.45, 7) is 6.17. The molecule has 228 valence electrons. The number of ether oxygens (including phenoxy) is 1. The van der Waals surface area contributed by atoms with E-state index in [0.717, 1.165) is 31.8 Å². The monoisotopic (exact) mass is 655 g/mol. The largest absolute Gasteiger partial charge is 0.427 e. The van der Waals surface area contributed by atoms with E-state index in [9.17, 15) is 30.7 Å². The second-order valence-electron chi connectivity index (χ2n) is 10.2. The lowest BCUT2D eigenvalue weighted by Crippen LogP contribution is -2.31. The van der Waals surface area contributed by atoms with Crippen LogP contribution in [-0.2, 0) is 25.0 Å². The predicted octanol–water partition coefficient (Wildman–Crippen LogP) is 4.67. The highest BCUT2D eigenvalue weighted by atomic mass is 32.2. The number of hydrogen-bond donors (Lipinski definition) is 2. The Morgan fingerprint density at radius 1 is 1.14 bits per heavy atom. The molecule has 0 saturated heterocycles. The molecule has 2 aliphatic heterocycles. The second kappa shape index (κ2) is 13.5. The summed E-state index contributed by atoms with van der Waals surface area (Å²) >= 11 is 3.23. The minimum atomic E-state index is -4.12. The molecule has 0 amide bonds. The van der Waals surface area contributed by atoms with Gasteiger partial charge in [-0.1, -0.05) is 30.8 Å². The van der Waals surface area contributed by atoms with Gasteiger partial charge in [-0.3, -0.25) is 13.9 Å². The number of carbonyl (C=O) groups excluding carboxylic acids is 1. The lowest BCUT2D eigenvalue weighted by Gasteiger charge is -2.21. The zero-order chi connectivity index (χ0) is 30.7. The zero-order valence-electron chi connectivity index (χ0n) is 23.6. The molecule has 0 spiro atoms. The molecule has 2 unspecified atom stereocenters. The van der Waals surface area contributed by atoms with Crippen LogP contribution in [0.5, 0.6) is 5.75 Å². The minimum Gasteiger partial charge on any atom is -0.427 e. The summed E-state index contributed by atoms with van der Waals surface area (Å²) in [6.07, 6.45) is 11.7. The van der Waals surface area contributed by atoms with Gasteiger partial charge in [0, 0.05) is 36.9 Å². The number of thioether (sulfide) groups is 2. The van der Waals surface area contributed by atoms with Gasteiger partial charge < -0.3 is 9.64 Å². The number of allylic oxidation sites excluding steroid dienone is 4. The SMILES string of the molecule is CCC(=CC1=[N+](CCCS(=O)(=O)O)C2C=C(C)C=CC2S1)C=C1Sc2ccc(OC(C)=O)cc2N1CCCS(=O)(=O)O. The van der Waals surface area contributed by atoms with Gasteiger partial charge >= 0.3 is 5.97 Å². The Morgan fingerprint density at radius 2 is 1.86 bits per heavy atom. The van der Waals surface area contributed by atoms with Gasteiger partial charge in [0.25, 0.3) is 20.2 Å². The van der Waals surface area contributed by atoms with Crippen LogP contribution in [0.1, 0.15) is 40.0 Å². The number of benzene rings is 1. The first-order valence-corrected chi connectivity index (χ1v) is 18.4. The summed E-state index contributed by atoms with van der Waals surface area (Å²) < 4.78 is 71.5. The molecule has 1 aromatic rings. The van der Waals surface area contributed by atoms with Crippen molar-refractivity contribution in [1.29, 1.82) is 0 Å². The average Bonchev–Trinajstić information content (AvgIpc) is 3.38. The molecule has 2 atom stereocenters. The molecule has 0 fully saturated rings. The van der Waals surface area contributed by atoms with Gasteiger partial charge in [0.05, 0.1) is 27.5 Å². The fourth-order valence-corrected chi connectivity index (χ4v) is 8.42. The van der Waals surface area contributed by atoms with Crippen molar-refractivity contribution in [2.75, 3.05) is 29.5 Å². The maximum absolute atomic E-state index is 11.5. The summed E-state index contributed by atoms with van der Waals surface area (Å²) in [5.74, 6) is -0.758. The van der Waals surface area contributed by atoms with Crippen molar-refractivity contribution >= 4 is 60.5 Å². The Kier molecular flexibility index (Phi) is 10.5. The number of hydrogen-bond acceptors (Lipinski definition) is 9. The zero-order valence-corrected chi connectivity index (χ0v) is 26.9.